The van der Waals surface area contributed by atoms with Crippen molar-refractivity contribution in [3.05, 3.63) is 64.2 Å². The molecule has 5 heteroatoms. The lowest BCUT2D eigenvalue weighted by molar-refractivity contribution is -0.118. The van der Waals surface area contributed by atoms with Crippen LogP contribution in [0, 0.1) is 13.8 Å². The number of amides is 1. The molecule has 1 saturated heterocycles. The van der Waals surface area contributed by atoms with E-state index < -0.39 is 0 Å². The minimum absolute atomic E-state index is 0. The van der Waals surface area contributed by atoms with Crippen molar-refractivity contribution in [2.75, 3.05) is 18.0 Å². The lowest BCUT2D eigenvalue weighted by Crippen LogP contribution is -2.50. The highest BCUT2D eigenvalue weighted by Gasteiger charge is 2.31. The molecule has 0 N–H and O–H groups in total. The third kappa shape index (κ3) is 5.75. The van der Waals surface area contributed by atoms with Crippen LogP contribution in [0.5, 0.6) is 0 Å². The molecule has 1 aliphatic heterocycles. The predicted octanol–water partition coefficient (Wildman–Crippen LogP) is 5.83. The van der Waals surface area contributed by atoms with E-state index in [9.17, 15) is 4.79 Å². The average Bonchev–Trinajstić information content (AvgIpc) is 2.66. The number of rotatable bonds is 5. The average molecular weight is 435 g/mol. The molecule has 1 amide bonds. The smallest absolute Gasteiger partial charge is 0.231 e. The second-order valence-corrected chi connectivity index (χ2v) is 8.60. The van der Waals surface area contributed by atoms with E-state index in [1.165, 1.54) is 0 Å². The normalized spacial score (nSPS) is 15.2. The first-order valence-electron chi connectivity index (χ1n) is 10.2. The van der Waals surface area contributed by atoms with E-state index in [0.717, 1.165) is 48.3 Å². The first-order chi connectivity index (χ1) is 13.4. The summed E-state index contributed by atoms with van der Waals surface area (Å²) in [4.78, 5) is 18.1. The molecule has 2 aromatic rings. The molecule has 0 atom stereocenters. The number of nitrogens with zero attached hydrogens (tertiary/aromatic N) is 2. The maximum atomic E-state index is 13.5. The van der Waals surface area contributed by atoms with Crippen LogP contribution >= 0.6 is 24.0 Å². The predicted molar refractivity (Wildman–Crippen MR) is 126 cm³/mol. The molecule has 1 fully saturated rings. The highest BCUT2D eigenvalue weighted by Crippen LogP contribution is 2.31. The number of aryl methyl sites for hydroxylation is 2. The molecular formula is C24H32Cl2N2O. The molecular weight excluding hydrogens is 403 g/mol. The summed E-state index contributed by atoms with van der Waals surface area (Å²) in [7, 11) is 0. The van der Waals surface area contributed by atoms with Gasteiger partial charge in [0, 0.05) is 35.9 Å². The summed E-state index contributed by atoms with van der Waals surface area (Å²) in [5.74, 6) is 0.169. The van der Waals surface area contributed by atoms with Crippen molar-refractivity contribution in [3.63, 3.8) is 0 Å². The molecule has 158 valence electrons. The van der Waals surface area contributed by atoms with E-state index in [0.29, 0.717) is 17.5 Å². The van der Waals surface area contributed by atoms with E-state index in [-0.39, 0.29) is 24.4 Å². The van der Waals surface area contributed by atoms with Gasteiger partial charge in [0.25, 0.3) is 0 Å². The number of hydrogen-bond donors (Lipinski definition) is 0. The highest BCUT2D eigenvalue weighted by atomic mass is 35.5. The SMILES string of the molecule is Cc1cccc(C)c1N(C(=O)Cc1ccc(Cl)cc1)C1CCN(C(C)C)CC1.Cl. The van der Waals surface area contributed by atoms with Crippen molar-refractivity contribution >= 4 is 35.6 Å². The Bertz CT molecular complexity index is 792. The number of carbonyl (C=O) groups excluding carboxylic acids is 1. The Morgan fingerprint density at radius 3 is 2.14 bits per heavy atom. The molecule has 3 nitrogen and oxygen atoms in total. The summed E-state index contributed by atoms with van der Waals surface area (Å²) >= 11 is 6.01. The second-order valence-electron chi connectivity index (χ2n) is 8.17. The minimum atomic E-state index is 0. The van der Waals surface area contributed by atoms with Gasteiger partial charge in [0.1, 0.15) is 0 Å². The molecule has 0 radical (unpaired) electrons. The molecule has 0 aliphatic carbocycles. The molecule has 3 rings (SSSR count). The van der Waals surface area contributed by atoms with Gasteiger partial charge in [-0.3, -0.25) is 4.79 Å². The summed E-state index contributed by atoms with van der Waals surface area (Å²) in [5, 5.41) is 0.698. The third-order valence-electron chi connectivity index (χ3n) is 5.81. The summed E-state index contributed by atoms with van der Waals surface area (Å²) in [6, 6.07) is 14.7. The van der Waals surface area contributed by atoms with Crippen molar-refractivity contribution in [3.8, 4) is 0 Å². The molecule has 0 unspecified atom stereocenters. The van der Waals surface area contributed by atoms with E-state index >= 15 is 0 Å². The van der Waals surface area contributed by atoms with Gasteiger partial charge in [0.05, 0.1) is 6.42 Å². The summed E-state index contributed by atoms with van der Waals surface area (Å²) in [6.45, 7) is 10.8. The van der Waals surface area contributed by atoms with E-state index in [1.54, 1.807) is 0 Å². The second kappa shape index (κ2) is 10.5. The molecule has 0 spiro atoms. The molecule has 1 heterocycles. The van der Waals surface area contributed by atoms with Gasteiger partial charge >= 0.3 is 0 Å². The van der Waals surface area contributed by atoms with Gasteiger partial charge in [0.2, 0.25) is 5.91 Å². The van der Waals surface area contributed by atoms with Gasteiger partial charge in [-0.2, -0.15) is 0 Å². The number of halogens is 2. The van der Waals surface area contributed by atoms with Gasteiger partial charge in [-0.1, -0.05) is 41.9 Å². The van der Waals surface area contributed by atoms with E-state index in [1.807, 2.05) is 24.3 Å². The van der Waals surface area contributed by atoms with Crippen molar-refractivity contribution in [2.45, 2.75) is 59.0 Å². The standard InChI is InChI=1S/C24H31ClN2O.ClH/c1-17(2)26-14-12-22(13-15-26)27(24-18(3)6-5-7-19(24)4)23(28)16-20-8-10-21(25)11-9-20;/h5-11,17,22H,12-16H2,1-4H3;1H. The topological polar surface area (TPSA) is 23.6 Å². The van der Waals surface area contributed by atoms with Crippen molar-refractivity contribution in [2.24, 2.45) is 0 Å². The van der Waals surface area contributed by atoms with Crippen molar-refractivity contribution in [1.29, 1.82) is 0 Å². The zero-order valence-electron chi connectivity index (χ0n) is 17.8. The largest absolute Gasteiger partial charge is 0.308 e. The Labute approximate surface area is 186 Å². The minimum Gasteiger partial charge on any atom is -0.308 e. The van der Waals surface area contributed by atoms with E-state index in [4.69, 9.17) is 11.6 Å². The van der Waals surface area contributed by atoms with Crippen LogP contribution in [-0.4, -0.2) is 36.0 Å². The van der Waals surface area contributed by atoms with Crippen LogP contribution in [0.1, 0.15) is 43.4 Å². The summed E-state index contributed by atoms with van der Waals surface area (Å²) in [6.07, 6.45) is 2.42. The Kier molecular flexibility index (Phi) is 8.57. The summed E-state index contributed by atoms with van der Waals surface area (Å²) < 4.78 is 0. The van der Waals surface area contributed by atoms with Crippen LogP contribution in [0.4, 0.5) is 5.69 Å². The number of likely N-dealkylation sites (tertiary alicyclic amines) is 1. The van der Waals surface area contributed by atoms with Crippen LogP contribution < -0.4 is 4.90 Å². The number of hydrogen-bond acceptors (Lipinski definition) is 2. The molecule has 29 heavy (non-hydrogen) atoms. The molecule has 0 aromatic heterocycles. The van der Waals surface area contributed by atoms with Crippen LogP contribution in [0.2, 0.25) is 5.02 Å². The lowest BCUT2D eigenvalue weighted by Gasteiger charge is -2.41. The van der Waals surface area contributed by atoms with E-state index in [2.05, 4.69) is 55.7 Å². The van der Waals surface area contributed by atoms with Gasteiger partial charge in [-0.05, 0) is 69.4 Å². The van der Waals surface area contributed by atoms with Crippen LogP contribution in [0.15, 0.2) is 42.5 Å². The first kappa shape index (κ1) is 23.7. The number of benzene rings is 2. The zero-order chi connectivity index (χ0) is 20.3. The quantitative estimate of drug-likeness (QED) is 0.590. The van der Waals surface area contributed by atoms with Crippen LogP contribution in [0.25, 0.3) is 0 Å². The first-order valence-corrected chi connectivity index (χ1v) is 10.6. The highest BCUT2D eigenvalue weighted by molar-refractivity contribution is 6.30. The van der Waals surface area contributed by atoms with Crippen molar-refractivity contribution < 1.29 is 4.79 Å². The van der Waals surface area contributed by atoms with Gasteiger partial charge in [-0.25, -0.2) is 0 Å². The molecule has 0 bridgehead atoms. The Hall–Kier alpha value is -1.55. The Morgan fingerprint density at radius 1 is 1.07 bits per heavy atom. The monoisotopic (exact) mass is 434 g/mol. The zero-order valence-corrected chi connectivity index (χ0v) is 19.4. The van der Waals surface area contributed by atoms with Crippen LogP contribution in [-0.2, 0) is 11.2 Å². The molecule has 0 saturated carbocycles. The Balaban J connectivity index is 0.00000300. The summed E-state index contributed by atoms with van der Waals surface area (Å²) in [5.41, 5.74) is 4.42. The van der Waals surface area contributed by atoms with Gasteiger partial charge < -0.3 is 9.80 Å². The third-order valence-corrected chi connectivity index (χ3v) is 6.06. The number of carbonyl (C=O) groups is 1. The number of para-hydroxylation sites is 1. The fourth-order valence-corrected chi connectivity index (χ4v) is 4.35. The maximum Gasteiger partial charge on any atom is 0.231 e. The molecule has 1 aliphatic rings. The van der Waals surface area contributed by atoms with Gasteiger partial charge in [0.15, 0.2) is 0 Å². The van der Waals surface area contributed by atoms with Crippen molar-refractivity contribution in [1.82, 2.24) is 4.90 Å². The molecule has 2 aromatic carbocycles. The number of anilines is 1. The Morgan fingerprint density at radius 2 is 1.62 bits per heavy atom. The number of piperidine rings is 1. The lowest BCUT2D eigenvalue weighted by atomic mass is 9.97. The fourth-order valence-electron chi connectivity index (χ4n) is 4.22. The maximum absolute atomic E-state index is 13.5. The fraction of sp³-hybridized carbons (Fsp3) is 0.458. The van der Waals surface area contributed by atoms with Gasteiger partial charge in [-0.15, -0.1) is 12.4 Å². The van der Waals surface area contributed by atoms with Crippen LogP contribution in [0.3, 0.4) is 0 Å².